The van der Waals surface area contributed by atoms with Gasteiger partial charge in [-0.2, -0.15) is 0 Å². The van der Waals surface area contributed by atoms with E-state index in [4.69, 9.17) is 10.5 Å². The molecule has 3 aromatic rings. The van der Waals surface area contributed by atoms with Crippen molar-refractivity contribution in [2.45, 2.75) is 12.5 Å². The molecule has 0 aliphatic heterocycles. The van der Waals surface area contributed by atoms with Crippen molar-refractivity contribution >= 4 is 39.9 Å². The van der Waals surface area contributed by atoms with Crippen molar-refractivity contribution in [1.82, 2.24) is 0 Å². The van der Waals surface area contributed by atoms with Crippen LogP contribution in [0, 0.1) is 0 Å². The largest absolute Gasteiger partial charge is 0.468 e. The predicted molar refractivity (Wildman–Crippen MR) is 92.4 cm³/mol. The topological polar surface area (TPSA) is 52.3 Å². The summed E-state index contributed by atoms with van der Waals surface area (Å²) in [5.41, 5.74) is 6.99. The second kappa shape index (κ2) is 6.77. The van der Waals surface area contributed by atoms with Crippen molar-refractivity contribution in [2.75, 3.05) is 7.11 Å². The molecule has 0 saturated carbocycles. The molecule has 0 aliphatic carbocycles. The normalized spacial score (nSPS) is 11.9. The molecule has 0 aromatic heterocycles. The summed E-state index contributed by atoms with van der Waals surface area (Å²) in [6.45, 7) is 0. The van der Waals surface area contributed by atoms with Crippen LogP contribution in [0.1, 0.15) is 5.56 Å². The van der Waals surface area contributed by atoms with E-state index < -0.39 is 6.04 Å². The number of carbonyl (C=O) groups excluding carboxylic acids is 1. The van der Waals surface area contributed by atoms with Gasteiger partial charge in [0.25, 0.3) is 0 Å². The van der Waals surface area contributed by atoms with Crippen LogP contribution in [-0.2, 0) is 16.0 Å². The number of esters is 1. The number of nitrogens with two attached hydrogens (primary N) is 1. The lowest BCUT2D eigenvalue weighted by Gasteiger charge is -2.13. The van der Waals surface area contributed by atoms with E-state index in [2.05, 4.69) is 30.3 Å². The van der Waals surface area contributed by atoms with Gasteiger partial charge in [-0.25, -0.2) is 0 Å². The van der Waals surface area contributed by atoms with Crippen LogP contribution in [0.3, 0.4) is 0 Å². The average molecular weight is 316 g/mol. The minimum atomic E-state index is -0.639. The lowest BCUT2D eigenvalue weighted by molar-refractivity contribution is -0.142. The van der Waals surface area contributed by atoms with Crippen molar-refractivity contribution in [3.63, 3.8) is 0 Å². The molecule has 3 nitrogen and oxygen atoms in total. The Hall–Kier alpha value is -2.10. The molecule has 1 atom stereocenters. The summed E-state index contributed by atoms with van der Waals surface area (Å²) >= 11 is 0. The van der Waals surface area contributed by atoms with E-state index in [-0.39, 0.29) is 18.4 Å². The summed E-state index contributed by atoms with van der Waals surface area (Å²) in [6.07, 6.45) is 0.470. The van der Waals surface area contributed by atoms with E-state index in [1.807, 2.05) is 24.3 Å². The van der Waals surface area contributed by atoms with Gasteiger partial charge < -0.3 is 10.5 Å². The van der Waals surface area contributed by atoms with Gasteiger partial charge in [0.15, 0.2) is 0 Å². The second-order valence-electron chi connectivity index (χ2n) is 5.14. The maximum absolute atomic E-state index is 11.6. The minimum absolute atomic E-state index is 0. The summed E-state index contributed by atoms with van der Waals surface area (Å²) in [5, 5.41) is 4.69. The molecule has 0 fully saturated rings. The number of benzene rings is 3. The standard InChI is InChI=1S/C18H17NO2.ClH/c1-21-18(20)17(19)11-13-10-12-6-2-3-7-14(12)16-9-5-4-8-15(13)16;/h2-10,17H,11,19H2,1H3;1H/t17-;/m1./s1. The first-order chi connectivity index (χ1) is 10.2. The molecular formula is C18H18ClNO2. The maximum atomic E-state index is 11.6. The molecule has 0 amide bonds. The molecular weight excluding hydrogens is 298 g/mol. The lowest BCUT2D eigenvalue weighted by Crippen LogP contribution is -2.33. The van der Waals surface area contributed by atoms with Crippen molar-refractivity contribution in [1.29, 1.82) is 0 Å². The highest BCUT2D eigenvalue weighted by Crippen LogP contribution is 2.29. The molecule has 0 unspecified atom stereocenters. The van der Waals surface area contributed by atoms with Gasteiger partial charge in [-0.3, -0.25) is 4.79 Å². The van der Waals surface area contributed by atoms with Crippen LogP contribution in [0.25, 0.3) is 21.5 Å². The van der Waals surface area contributed by atoms with Gasteiger partial charge in [0.05, 0.1) is 7.11 Å². The predicted octanol–water partition coefficient (Wildman–Crippen LogP) is 3.46. The van der Waals surface area contributed by atoms with Gasteiger partial charge in [0.2, 0.25) is 0 Å². The van der Waals surface area contributed by atoms with Gasteiger partial charge in [-0.15, -0.1) is 12.4 Å². The summed E-state index contributed by atoms with van der Waals surface area (Å²) in [5.74, 6) is -0.382. The van der Waals surface area contributed by atoms with Gasteiger partial charge in [-0.1, -0.05) is 54.6 Å². The van der Waals surface area contributed by atoms with Crippen LogP contribution in [-0.4, -0.2) is 19.1 Å². The van der Waals surface area contributed by atoms with Crippen molar-refractivity contribution < 1.29 is 9.53 Å². The van der Waals surface area contributed by atoms with Crippen molar-refractivity contribution in [3.8, 4) is 0 Å². The monoisotopic (exact) mass is 315 g/mol. The van der Waals surface area contributed by atoms with E-state index in [1.54, 1.807) is 0 Å². The zero-order chi connectivity index (χ0) is 14.8. The molecule has 0 heterocycles. The lowest BCUT2D eigenvalue weighted by atomic mass is 9.94. The molecule has 0 spiro atoms. The number of fused-ring (bicyclic) bond motifs is 3. The van der Waals surface area contributed by atoms with Crippen molar-refractivity contribution in [2.24, 2.45) is 5.73 Å². The zero-order valence-corrected chi connectivity index (χ0v) is 13.1. The molecule has 0 saturated heterocycles. The number of rotatable bonds is 3. The Morgan fingerprint density at radius 1 is 1.05 bits per heavy atom. The Labute approximate surface area is 135 Å². The molecule has 2 N–H and O–H groups in total. The highest BCUT2D eigenvalue weighted by Gasteiger charge is 2.16. The first kappa shape index (κ1) is 16.3. The Morgan fingerprint density at radius 3 is 2.32 bits per heavy atom. The van der Waals surface area contributed by atoms with Gasteiger partial charge in [-0.05, 0) is 33.5 Å². The Bertz CT molecular complexity index is 816. The summed E-state index contributed by atoms with van der Waals surface area (Å²) in [6, 6.07) is 17.9. The van der Waals surface area contributed by atoms with E-state index >= 15 is 0 Å². The van der Waals surface area contributed by atoms with E-state index in [0.29, 0.717) is 6.42 Å². The average Bonchev–Trinajstić information content (AvgIpc) is 2.54. The van der Waals surface area contributed by atoms with Crippen LogP contribution < -0.4 is 5.73 Å². The molecule has 0 aliphatic rings. The number of methoxy groups -OCH3 is 1. The Kier molecular flexibility index (Phi) is 5.01. The third-order valence-corrected chi connectivity index (χ3v) is 3.80. The molecule has 114 valence electrons. The molecule has 3 rings (SSSR count). The number of carbonyl (C=O) groups is 1. The summed E-state index contributed by atoms with van der Waals surface area (Å²) in [4.78, 5) is 11.6. The van der Waals surface area contributed by atoms with Crippen molar-refractivity contribution in [3.05, 3.63) is 60.2 Å². The smallest absolute Gasteiger partial charge is 0.322 e. The number of hydrogen-bond donors (Lipinski definition) is 1. The summed E-state index contributed by atoms with van der Waals surface area (Å²) < 4.78 is 4.72. The number of ether oxygens (including phenoxy) is 1. The maximum Gasteiger partial charge on any atom is 0.322 e. The molecule has 3 aromatic carbocycles. The quantitative estimate of drug-likeness (QED) is 0.595. The third-order valence-electron chi connectivity index (χ3n) is 3.80. The van der Waals surface area contributed by atoms with Crippen LogP contribution in [0.4, 0.5) is 0 Å². The SMILES string of the molecule is COC(=O)[C@H](N)Cc1cc2ccccc2c2ccccc12.Cl. The first-order valence-electron chi connectivity index (χ1n) is 6.93. The Balaban J connectivity index is 0.00000176. The van der Waals surface area contributed by atoms with Gasteiger partial charge >= 0.3 is 5.97 Å². The first-order valence-corrected chi connectivity index (χ1v) is 6.93. The zero-order valence-electron chi connectivity index (χ0n) is 12.3. The van der Waals surface area contributed by atoms with Gasteiger partial charge in [0.1, 0.15) is 6.04 Å². The molecule has 0 bridgehead atoms. The molecule has 4 heteroatoms. The fraction of sp³-hybridized carbons (Fsp3) is 0.167. The molecule has 0 radical (unpaired) electrons. The van der Waals surface area contributed by atoms with E-state index in [1.165, 1.54) is 17.9 Å². The number of halogens is 1. The second-order valence-corrected chi connectivity index (χ2v) is 5.14. The Morgan fingerprint density at radius 2 is 1.64 bits per heavy atom. The highest BCUT2D eigenvalue weighted by atomic mass is 35.5. The fourth-order valence-electron chi connectivity index (χ4n) is 2.77. The van der Waals surface area contributed by atoms with Gasteiger partial charge in [0, 0.05) is 0 Å². The van der Waals surface area contributed by atoms with Crippen LogP contribution >= 0.6 is 12.4 Å². The van der Waals surface area contributed by atoms with Crippen LogP contribution in [0.2, 0.25) is 0 Å². The fourth-order valence-corrected chi connectivity index (χ4v) is 2.77. The van der Waals surface area contributed by atoms with Crippen LogP contribution in [0.15, 0.2) is 54.6 Å². The van der Waals surface area contributed by atoms with Crippen LogP contribution in [0.5, 0.6) is 0 Å². The minimum Gasteiger partial charge on any atom is -0.468 e. The molecule has 22 heavy (non-hydrogen) atoms. The van der Waals surface area contributed by atoms with E-state index in [9.17, 15) is 4.79 Å². The highest BCUT2D eigenvalue weighted by molar-refractivity contribution is 6.09. The van der Waals surface area contributed by atoms with E-state index in [0.717, 1.165) is 16.3 Å². The third kappa shape index (κ3) is 2.91. The number of hydrogen-bond acceptors (Lipinski definition) is 3. The summed E-state index contributed by atoms with van der Waals surface area (Å²) in [7, 11) is 1.36.